The van der Waals surface area contributed by atoms with Crippen molar-refractivity contribution in [2.75, 3.05) is 20.2 Å². The molecule has 1 aromatic carbocycles. The molecule has 0 fully saturated rings. The number of aryl methyl sites for hydroxylation is 1. The fourth-order valence-electron chi connectivity index (χ4n) is 1.95. The zero-order valence-corrected chi connectivity index (χ0v) is 11.2. The number of hydrogen-bond donors (Lipinski definition) is 1. The van der Waals surface area contributed by atoms with Crippen molar-refractivity contribution in [2.24, 2.45) is 0 Å². The van der Waals surface area contributed by atoms with Crippen LogP contribution in [0.15, 0.2) is 22.6 Å². The van der Waals surface area contributed by atoms with Crippen molar-refractivity contribution in [3.63, 3.8) is 0 Å². The molecule has 0 aliphatic rings. The van der Waals surface area contributed by atoms with Gasteiger partial charge in [0.15, 0.2) is 11.5 Å². The molecule has 2 aromatic rings. The van der Waals surface area contributed by atoms with Crippen LogP contribution < -0.4 is 0 Å². The number of rotatable bonds is 5. The van der Waals surface area contributed by atoms with Crippen LogP contribution in [0.5, 0.6) is 0 Å². The third-order valence-corrected chi connectivity index (χ3v) is 3.05. The highest BCUT2D eigenvalue weighted by atomic mass is 16.3. The number of benzene rings is 1. The molecule has 2 rings (SSSR count). The van der Waals surface area contributed by atoms with E-state index in [2.05, 4.69) is 4.98 Å². The molecule has 0 saturated carbocycles. The molecular weight excluding hydrogens is 244 g/mol. The number of aromatic nitrogens is 1. The number of aliphatic hydroxyl groups is 1. The van der Waals surface area contributed by atoms with Crippen molar-refractivity contribution in [1.29, 1.82) is 0 Å². The molecule has 1 N–H and O–H groups in total. The minimum atomic E-state index is -0.104. The van der Waals surface area contributed by atoms with Crippen molar-refractivity contribution < 1.29 is 14.3 Å². The Hall–Kier alpha value is -1.88. The number of likely N-dealkylation sites (N-methyl/N-ethyl adjacent to an activating group) is 1. The van der Waals surface area contributed by atoms with Crippen LogP contribution in [0.3, 0.4) is 0 Å². The zero-order valence-electron chi connectivity index (χ0n) is 11.2. The monoisotopic (exact) mass is 262 g/mol. The van der Waals surface area contributed by atoms with E-state index in [9.17, 15) is 4.79 Å². The van der Waals surface area contributed by atoms with Crippen LogP contribution in [0.1, 0.15) is 17.9 Å². The second-order valence-corrected chi connectivity index (χ2v) is 4.57. The van der Waals surface area contributed by atoms with Gasteiger partial charge in [-0.1, -0.05) is 6.07 Å². The minimum Gasteiger partial charge on any atom is -0.441 e. The molecule has 0 spiro atoms. The van der Waals surface area contributed by atoms with Crippen LogP contribution in [0, 0.1) is 6.92 Å². The first kappa shape index (κ1) is 13.5. The van der Waals surface area contributed by atoms with Gasteiger partial charge in [0.25, 0.3) is 0 Å². The van der Waals surface area contributed by atoms with E-state index in [0.717, 1.165) is 23.1 Å². The highest BCUT2D eigenvalue weighted by Gasteiger charge is 2.08. The Labute approximate surface area is 111 Å². The quantitative estimate of drug-likeness (QED) is 0.887. The molecule has 0 unspecified atom stereocenters. The number of nitrogens with zero attached hydrogens (tertiary/aromatic N) is 2. The summed E-state index contributed by atoms with van der Waals surface area (Å²) in [5.41, 5.74) is 2.75. The van der Waals surface area contributed by atoms with Crippen LogP contribution in [0.2, 0.25) is 0 Å². The zero-order chi connectivity index (χ0) is 13.8. The highest BCUT2D eigenvalue weighted by molar-refractivity contribution is 5.76. The molecule has 19 heavy (non-hydrogen) atoms. The van der Waals surface area contributed by atoms with Gasteiger partial charge in [-0.05, 0) is 24.1 Å². The standard InChI is InChI=1S/C14H18N2O3/c1-10-15-12-9-11(3-4-13(12)19-10)5-7-16(2)14(18)6-8-17/h3-4,9,17H,5-8H2,1-2H3. The van der Waals surface area contributed by atoms with Gasteiger partial charge in [0.1, 0.15) is 5.52 Å². The minimum absolute atomic E-state index is 0.0409. The lowest BCUT2D eigenvalue weighted by Crippen LogP contribution is -2.29. The van der Waals surface area contributed by atoms with Gasteiger partial charge < -0.3 is 14.4 Å². The predicted octanol–water partition coefficient (Wildman–Crippen LogP) is 1.52. The van der Waals surface area contributed by atoms with Crippen molar-refractivity contribution in [3.8, 4) is 0 Å². The fourth-order valence-corrected chi connectivity index (χ4v) is 1.95. The van der Waals surface area contributed by atoms with E-state index in [4.69, 9.17) is 9.52 Å². The van der Waals surface area contributed by atoms with E-state index in [1.807, 2.05) is 25.1 Å². The van der Waals surface area contributed by atoms with Crippen LogP contribution in [-0.2, 0) is 11.2 Å². The van der Waals surface area contributed by atoms with E-state index in [1.165, 1.54) is 0 Å². The SMILES string of the molecule is Cc1nc2cc(CCN(C)C(=O)CCO)ccc2o1. The van der Waals surface area contributed by atoms with Crippen molar-refractivity contribution in [3.05, 3.63) is 29.7 Å². The lowest BCUT2D eigenvalue weighted by molar-refractivity contribution is -0.130. The Kier molecular flexibility index (Phi) is 4.16. The third kappa shape index (κ3) is 3.32. The van der Waals surface area contributed by atoms with E-state index < -0.39 is 0 Å². The van der Waals surface area contributed by atoms with Crippen LogP contribution in [-0.4, -0.2) is 41.1 Å². The summed E-state index contributed by atoms with van der Waals surface area (Å²) in [6.07, 6.45) is 0.938. The molecule has 0 aliphatic heterocycles. The van der Waals surface area contributed by atoms with Crippen LogP contribution in [0.4, 0.5) is 0 Å². The normalized spacial score (nSPS) is 10.9. The number of hydrogen-bond acceptors (Lipinski definition) is 4. The molecular formula is C14H18N2O3. The Balaban J connectivity index is 1.99. The second-order valence-electron chi connectivity index (χ2n) is 4.57. The smallest absolute Gasteiger partial charge is 0.224 e. The summed E-state index contributed by atoms with van der Waals surface area (Å²) in [4.78, 5) is 17.4. The second kappa shape index (κ2) is 5.84. The first-order chi connectivity index (χ1) is 9.10. The Bertz CT molecular complexity index is 577. The molecule has 0 saturated heterocycles. The number of fused-ring (bicyclic) bond motifs is 1. The fraction of sp³-hybridized carbons (Fsp3) is 0.429. The highest BCUT2D eigenvalue weighted by Crippen LogP contribution is 2.17. The Morgan fingerprint density at radius 3 is 3.00 bits per heavy atom. The molecule has 5 heteroatoms. The first-order valence-corrected chi connectivity index (χ1v) is 6.31. The maximum Gasteiger partial charge on any atom is 0.224 e. The lowest BCUT2D eigenvalue weighted by atomic mass is 10.1. The van der Waals surface area contributed by atoms with Gasteiger partial charge >= 0.3 is 0 Å². The molecule has 0 atom stereocenters. The number of carbonyl (C=O) groups excluding carboxylic acids is 1. The Morgan fingerprint density at radius 1 is 1.47 bits per heavy atom. The largest absolute Gasteiger partial charge is 0.441 e. The average molecular weight is 262 g/mol. The summed E-state index contributed by atoms with van der Waals surface area (Å²) in [7, 11) is 1.75. The number of oxazole rings is 1. The molecule has 0 radical (unpaired) electrons. The topological polar surface area (TPSA) is 66.6 Å². The van der Waals surface area contributed by atoms with Crippen molar-refractivity contribution in [1.82, 2.24) is 9.88 Å². The molecule has 1 heterocycles. The predicted molar refractivity (Wildman–Crippen MR) is 71.8 cm³/mol. The summed E-state index contributed by atoms with van der Waals surface area (Å²) in [6.45, 7) is 2.34. The number of aliphatic hydroxyl groups excluding tert-OH is 1. The number of amides is 1. The van der Waals surface area contributed by atoms with Gasteiger partial charge in [-0.25, -0.2) is 4.98 Å². The van der Waals surface area contributed by atoms with Crippen molar-refractivity contribution >= 4 is 17.0 Å². The van der Waals surface area contributed by atoms with Crippen LogP contribution in [0.25, 0.3) is 11.1 Å². The summed E-state index contributed by atoms with van der Waals surface area (Å²) in [6, 6.07) is 5.87. The first-order valence-electron chi connectivity index (χ1n) is 6.31. The third-order valence-electron chi connectivity index (χ3n) is 3.05. The maximum atomic E-state index is 11.5. The Morgan fingerprint density at radius 2 is 2.26 bits per heavy atom. The summed E-state index contributed by atoms with van der Waals surface area (Å²) >= 11 is 0. The molecule has 5 nitrogen and oxygen atoms in total. The number of carbonyl (C=O) groups is 1. The van der Waals surface area contributed by atoms with Gasteiger partial charge in [0, 0.05) is 26.9 Å². The van der Waals surface area contributed by atoms with Gasteiger partial charge in [0.05, 0.1) is 6.61 Å². The average Bonchev–Trinajstić information content (AvgIpc) is 2.75. The van der Waals surface area contributed by atoms with Gasteiger partial charge in [-0.15, -0.1) is 0 Å². The van der Waals surface area contributed by atoms with Crippen molar-refractivity contribution in [2.45, 2.75) is 19.8 Å². The van der Waals surface area contributed by atoms with E-state index >= 15 is 0 Å². The van der Waals surface area contributed by atoms with E-state index in [1.54, 1.807) is 11.9 Å². The maximum absolute atomic E-state index is 11.5. The molecule has 102 valence electrons. The van der Waals surface area contributed by atoms with Gasteiger partial charge in [-0.2, -0.15) is 0 Å². The molecule has 1 amide bonds. The van der Waals surface area contributed by atoms with E-state index in [0.29, 0.717) is 12.4 Å². The summed E-state index contributed by atoms with van der Waals surface area (Å²) in [5.74, 6) is 0.614. The van der Waals surface area contributed by atoms with Gasteiger partial charge in [0.2, 0.25) is 5.91 Å². The van der Waals surface area contributed by atoms with Crippen LogP contribution >= 0.6 is 0 Å². The lowest BCUT2D eigenvalue weighted by Gasteiger charge is -2.16. The molecule has 0 aliphatic carbocycles. The molecule has 0 bridgehead atoms. The summed E-state index contributed by atoms with van der Waals surface area (Å²) in [5, 5.41) is 8.73. The van der Waals surface area contributed by atoms with E-state index in [-0.39, 0.29) is 18.9 Å². The molecule has 1 aromatic heterocycles. The summed E-state index contributed by atoms with van der Waals surface area (Å²) < 4.78 is 5.42. The van der Waals surface area contributed by atoms with Gasteiger partial charge in [-0.3, -0.25) is 4.79 Å².